The normalized spacial score (nSPS) is 11.3. The quantitative estimate of drug-likeness (QED) is 0.619. The van der Waals surface area contributed by atoms with E-state index in [4.69, 9.17) is 11.6 Å². The Labute approximate surface area is 181 Å². The number of nitrogens with zero attached hydrogens (tertiary/aromatic N) is 3. The van der Waals surface area contributed by atoms with Crippen molar-refractivity contribution in [2.24, 2.45) is 0 Å². The molecule has 0 atom stereocenters. The third kappa shape index (κ3) is 5.05. The summed E-state index contributed by atoms with van der Waals surface area (Å²) in [4.78, 5) is 26.2. The number of carbonyl (C=O) groups excluding carboxylic acids is 2. The third-order valence-corrected chi connectivity index (χ3v) is 4.86. The first-order chi connectivity index (χ1) is 14.6. The maximum absolute atomic E-state index is 13.0. The Morgan fingerprint density at radius 3 is 2.55 bits per heavy atom. The molecule has 0 unspecified atom stereocenters. The van der Waals surface area contributed by atoms with Crippen molar-refractivity contribution in [2.75, 3.05) is 18.9 Å². The van der Waals surface area contributed by atoms with Crippen LogP contribution in [0.1, 0.15) is 21.6 Å². The molecular formula is C21H18ClF3N4O2. The highest BCUT2D eigenvalue weighted by Crippen LogP contribution is 2.30. The Bertz CT molecular complexity index is 1130. The van der Waals surface area contributed by atoms with Gasteiger partial charge in [-0.2, -0.15) is 18.3 Å². The first-order valence-corrected chi connectivity index (χ1v) is 9.48. The second-order valence-corrected chi connectivity index (χ2v) is 7.20. The molecule has 3 rings (SSSR count). The van der Waals surface area contributed by atoms with Crippen LogP contribution in [0.25, 0.3) is 5.69 Å². The van der Waals surface area contributed by atoms with Crippen molar-refractivity contribution in [1.82, 2.24) is 14.7 Å². The first-order valence-electron chi connectivity index (χ1n) is 9.10. The van der Waals surface area contributed by atoms with Crippen LogP contribution in [-0.4, -0.2) is 40.1 Å². The molecule has 0 bridgehead atoms. The van der Waals surface area contributed by atoms with Crippen LogP contribution in [-0.2, 0) is 11.0 Å². The number of halogens is 4. The van der Waals surface area contributed by atoms with E-state index in [0.29, 0.717) is 16.4 Å². The van der Waals surface area contributed by atoms with E-state index in [1.807, 2.05) is 0 Å². The molecule has 0 saturated carbocycles. The highest BCUT2D eigenvalue weighted by molar-refractivity contribution is 6.33. The number of benzene rings is 2. The fourth-order valence-corrected chi connectivity index (χ4v) is 3.12. The van der Waals surface area contributed by atoms with Crippen LogP contribution in [0.4, 0.5) is 18.9 Å². The van der Waals surface area contributed by atoms with Gasteiger partial charge in [-0.15, -0.1) is 0 Å². The van der Waals surface area contributed by atoms with Crippen LogP contribution in [0.3, 0.4) is 0 Å². The van der Waals surface area contributed by atoms with E-state index in [1.54, 1.807) is 31.2 Å². The second-order valence-electron chi connectivity index (χ2n) is 6.79. The number of nitrogens with one attached hydrogen (secondary N) is 1. The highest BCUT2D eigenvalue weighted by atomic mass is 35.5. The van der Waals surface area contributed by atoms with Gasteiger partial charge in [0.1, 0.15) is 0 Å². The fourth-order valence-electron chi connectivity index (χ4n) is 2.94. The van der Waals surface area contributed by atoms with Gasteiger partial charge >= 0.3 is 6.18 Å². The van der Waals surface area contributed by atoms with Gasteiger partial charge in [-0.25, -0.2) is 4.68 Å². The molecule has 2 amide bonds. The van der Waals surface area contributed by atoms with Gasteiger partial charge in [0.05, 0.1) is 46.0 Å². The predicted molar refractivity (Wildman–Crippen MR) is 110 cm³/mol. The first kappa shape index (κ1) is 22.4. The molecule has 0 aliphatic rings. The zero-order chi connectivity index (χ0) is 22.8. The fraction of sp³-hybridized carbons (Fsp3) is 0.190. The molecular weight excluding hydrogens is 433 g/mol. The van der Waals surface area contributed by atoms with Crippen molar-refractivity contribution in [1.29, 1.82) is 0 Å². The predicted octanol–water partition coefficient (Wildman–Crippen LogP) is 4.56. The van der Waals surface area contributed by atoms with Crippen molar-refractivity contribution in [3.63, 3.8) is 0 Å². The smallest absolute Gasteiger partial charge is 0.332 e. The lowest BCUT2D eigenvalue weighted by Gasteiger charge is -2.17. The van der Waals surface area contributed by atoms with Crippen molar-refractivity contribution >= 4 is 29.1 Å². The minimum atomic E-state index is -4.50. The van der Waals surface area contributed by atoms with Crippen LogP contribution < -0.4 is 5.32 Å². The highest BCUT2D eigenvalue weighted by Gasteiger charge is 2.31. The number of likely N-dealkylation sites (N-methyl/N-ethyl adjacent to an activating group) is 1. The molecule has 162 valence electrons. The molecule has 1 heterocycles. The van der Waals surface area contributed by atoms with E-state index in [9.17, 15) is 22.8 Å². The minimum absolute atomic E-state index is 0.172. The van der Waals surface area contributed by atoms with Crippen molar-refractivity contribution in [3.05, 3.63) is 76.6 Å². The van der Waals surface area contributed by atoms with Gasteiger partial charge < -0.3 is 10.2 Å². The largest absolute Gasteiger partial charge is 0.416 e. The van der Waals surface area contributed by atoms with Crippen molar-refractivity contribution in [2.45, 2.75) is 13.1 Å². The topological polar surface area (TPSA) is 67.2 Å². The van der Waals surface area contributed by atoms with E-state index in [1.165, 1.54) is 35.0 Å². The van der Waals surface area contributed by atoms with Crippen molar-refractivity contribution in [3.8, 4) is 5.69 Å². The molecule has 1 N–H and O–H groups in total. The van der Waals surface area contributed by atoms with E-state index in [0.717, 1.165) is 12.1 Å². The molecule has 0 spiro atoms. The molecule has 6 nitrogen and oxygen atoms in total. The molecule has 1 aromatic heterocycles. The van der Waals surface area contributed by atoms with Gasteiger partial charge in [0.15, 0.2) is 0 Å². The van der Waals surface area contributed by atoms with Crippen LogP contribution >= 0.6 is 11.6 Å². The lowest BCUT2D eigenvalue weighted by Crippen LogP contribution is -2.35. The van der Waals surface area contributed by atoms with Gasteiger partial charge in [-0.05, 0) is 37.3 Å². The van der Waals surface area contributed by atoms with Crippen LogP contribution in [0, 0.1) is 6.92 Å². The average molecular weight is 451 g/mol. The zero-order valence-corrected chi connectivity index (χ0v) is 17.3. The number of anilines is 1. The Balaban J connectivity index is 1.75. The zero-order valence-electron chi connectivity index (χ0n) is 16.6. The van der Waals surface area contributed by atoms with Gasteiger partial charge in [0, 0.05) is 7.05 Å². The molecule has 0 aliphatic heterocycles. The Hall–Kier alpha value is -3.33. The summed E-state index contributed by atoms with van der Waals surface area (Å²) in [5.41, 5.74) is 0.295. The summed E-state index contributed by atoms with van der Waals surface area (Å²) >= 11 is 6.01. The maximum Gasteiger partial charge on any atom is 0.416 e. The number of aromatic nitrogens is 2. The third-order valence-electron chi connectivity index (χ3n) is 4.53. The number of hydrogen-bond donors (Lipinski definition) is 1. The number of amides is 2. The van der Waals surface area contributed by atoms with E-state index in [-0.39, 0.29) is 17.8 Å². The lowest BCUT2D eigenvalue weighted by molar-refractivity contribution is -0.137. The standard InChI is InChI=1S/C21H18ClF3N4O2/c1-13-16(11-26-29(13)15-7-5-6-14(10-15)21(23,24)25)20(31)28(2)12-19(30)27-18-9-4-3-8-17(18)22/h3-11H,12H2,1-2H3,(H,27,30). The SMILES string of the molecule is Cc1c(C(=O)N(C)CC(=O)Nc2ccccc2Cl)cnn1-c1cccc(C(F)(F)F)c1. The molecule has 3 aromatic rings. The minimum Gasteiger partial charge on any atom is -0.332 e. The molecule has 31 heavy (non-hydrogen) atoms. The summed E-state index contributed by atoms with van der Waals surface area (Å²) in [6.45, 7) is 1.32. The van der Waals surface area contributed by atoms with E-state index < -0.39 is 23.6 Å². The number of alkyl halides is 3. The molecule has 0 saturated heterocycles. The van der Waals surface area contributed by atoms with Crippen molar-refractivity contribution < 1.29 is 22.8 Å². The van der Waals surface area contributed by atoms with E-state index in [2.05, 4.69) is 10.4 Å². The number of para-hydroxylation sites is 1. The van der Waals surface area contributed by atoms with Gasteiger partial charge in [0.2, 0.25) is 5.91 Å². The Morgan fingerprint density at radius 1 is 1.16 bits per heavy atom. The molecule has 10 heteroatoms. The van der Waals surface area contributed by atoms with Gasteiger partial charge in [0.25, 0.3) is 5.91 Å². The number of carbonyl (C=O) groups is 2. The Morgan fingerprint density at radius 2 is 1.87 bits per heavy atom. The van der Waals surface area contributed by atoms with E-state index >= 15 is 0 Å². The summed E-state index contributed by atoms with van der Waals surface area (Å²) in [6.07, 6.45) is -3.23. The maximum atomic E-state index is 13.0. The van der Waals surface area contributed by atoms with Crippen LogP contribution in [0.15, 0.2) is 54.7 Å². The van der Waals surface area contributed by atoms with Gasteiger partial charge in [-0.1, -0.05) is 29.8 Å². The summed E-state index contributed by atoms with van der Waals surface area (Å²) in [6, 6.07) is 11.3. The molecule has 0 aliphatic carbocycles. The van der Waals surface area contributed by atoms with Crippen LogP contribution in [0.2, 0.25) is 5.02 Å². The molecule has 2 aromatic carbocycles. The molecule has 0 radical (unpaired) electrons. The summed E-state index contributed by atoms with van der Waals surface area (Å²) < 4.78 is 40.2. The lowest BCUT2D eigenvalue weighted by atomic mass is 10.2. The summed E-state index contributed by atoms with van der Waals surface area (Å²) in [5, 5.41) is 7.04. The monoisotopic (exact) mass is 450 g/mol. The number of rotatable bonds is 5. The summed E-state index contributed by atoms with van der Waals surface area (Å²) in [7, 11) is 1.44. The molecule has 0 fully saturated rings. The van der Waals surface area contributed by atoms with Gasteiger partial charge in [-0.3, -0.25) is 9.59 Å². The Kier molecular flexibility index (Phi) is 6.35. The average Bonchev–Trinajstić information content (AvgIpc) is 3.09. The summed E-state index contributed by atoms with van der Waals surface area (Å²) in [5.74, 6) is -0.947. The second kappa shape index (κ2) is 8.81. The van der Waals surface area contributed by atoms with Crippen LogP contribution in [0.5, 0.6) is 0 Å². The number of hydrogen-bond acceptors (Lipinski definition) is 3.